The molecule has 2 amide bonds. The molecule has 0 spiro atoms. The Morgan fingerprint density at radius 2 is 1.63 bits per heavy atom. The van der Waals surface area contributed by atoms with Crippen LogP contribution in [0.1, 0.15) is 59.2 Å². The van der Waals surface area contributed by atoms with Crippen LogP contribution in [0.5, 0.6) is 11.5 Å². The fourth-order valence-electron chi connectivity index (χ4n) is 5.43. The first-order valence-electron chi connectivity index (χ1n) is 15.4. The third kappa shape index (κ3) is 8.61. The van der Waals surface area contributed by atoms with E-state index in [1.165, 1.54) is 18.4 Å². The van der Waals surface area contributed by atoms with Crippen LogP contribution >= 0.6 is 0 Å². The minimum absolute atomic E-state index is 0.0360. The van der Waals surface area contributed by atoms with Crippen molar-refractivity contribution in [2.45, 2.75) is 52.6 Å². The predicted octanol–water partition coefficient (Wildman–Crippen LogP) is 5.05. The highest BCUT2D eigenvalue weighted by atomic mass is 16.7. The maximum Gasteiger partial charge on any atom is 0.254 e. The number of carbonyl (C=O) groups is 2. The number of aryl methyl sites for hydroxylation is 2. The Labute approximate surface area is 254 Å². The maximum absolute atomic E-state index is 14.0. The molecule has 0 aliphatic carbocycles. The van der Waals surface area contributed by atoms with Gasteiger partial charge in [-0.15, -0.1) is 0 Å². The summed E-state index contributed by atoms with van der Waals surface area (Å²) in [6.07, 6.45) is 4.51. The number of hydrogen-bond acceptors (Lipinski definition) is 7. The lowest BCUT2D eigenvalue weighted by molar-refractivity contribution is -0.133. The summed E-state index contributed by atoms with van der Waals surface area (Å²) in [4.78, 5) is 33.6. The molecule has 0 radical (unpaired) electrons. The van der Waals surface area contributed by atoms with Gasteiger partial charge in [0.05, 0.1) is 19.8 Å². The first-order chi connectivity index (χ1) is 21.0. The molecule has 2 aromatic carbocycles. The van der Waals surface area contributed by atoms with Gasteiger partial charge < -0.3 is 28.4 Å². The van der Waals surface area contributed by atoms with Crippen LogP contribution in [0, 0.1) is 6.92 Å². The number of unbranched alkanes of at least 4 members (excludes halogenated alkanes) is 2. The van der Waals surface area contributed by atoms with Crippen LogP contribution in [0.15, 0.2) is 59.0 Å². The molecular formula is C34H43N3O6. The number of nitrogens with zero attached hydrogens (tertiary/aromatic N) is 3. The van der Waals surface area contributed by atoms with Gasteiger partial charge in [0.1, 0.15) is 18.1 Å². The Morgan fingerprint density at radius 1 is 0.860 bits per heavy atom. The van der Waals surface area contributed by atoms with E-state index in [0.717, 1.165) is 37.3 Å². The summed E-state index contributed by atoms with van der Waals surface area (Å²) < 4.78 is 22.4. The van der Waals surface area contributed by atoms with Crippen LogP contribution in [0.25, 0.3) is 0 Å². The van der Waals surface area contributed by atoms with Crippen molar-refractivity contribution in [3.63, 3.8) is 0 Å². The quantitative estimate of drug-likeness (QED) is 0.243. The molecule has 0 bridgehead atoms. The lowest BCUT2D eigenvalue weighted by atomic mass is 10.0. The van der Waals surface area contributed by atoms with Gasteiger partial charge in [-0.3, -0.25) is 14.5 Å². The molecule has 0 atom stereocenters. The van der Waals surface area contributed by atoms with Crippen LogP contribution in [-0.2, 0) is 29.0 Å². The van der Waals surface area contributed by atoms with E-state index in [4.69, 9.17) is 18.6 Å². The van der Waals surface area contributed by atoms with Gasteiger partial charge in [-0.05, 0) is 67.3 Å². The summed E-state index contributed by atoms with van der Waals surface area (Å²) in [5.41, 5.74) is 2.73. The summed E-state index contributed by atoms with van der Waals surface area (Å²) in [6, 6.07) is 17.3. The van der Waals surface area contributed by atoms with E-state index in [0.29, 0.717) is 62.2 Å². The zero-order chi connectivity index (χ0) is 30.0. The average Bonchev–Trinajstić information content (AvgIpc) is 3.67. The Balaban J connectivity index is 1.33. The summed E-state index contributed by atoms with van der Waals surface area (Å²) in [5.74, 6) is 2.54. The smallest absolute Gasteiger partial charge is 0.254 e. The van der Waals surface area contributed by atoms with E-state index >= 15 is 0 Å². The maximum atomic E-state index is 14.0. The van der Waals surface area contributed by atoms with E-state index in [1.54, 1.807) is 9.80 Å². The number of amides is 2. The van der Waals surface area contributed by atoms with E-state index in [9.17, 15) is 9.59 Å². The van der Waals surface area contributed by atoms with E-state index in [1.807, 2.05) is 61.5 Å². The Kier molecular flexibility index (Phi) is 10.7. The van der Waals surface area contributed by atoms with Gasteiger partial charge in [-0.25, -0.2) is 0 Å². The zero-order valence-electron chi connectivity index (χ0n) is 25.4. The fraction of sp³-hybridized carbons (Fsp3) is 0.471. The number of fused-ring (bicyclic) bond motifs is 1. The van der Waals surface area contributed by atoms with Crippen LogP contribution in [0.2, 0.25) is 0 Å². The lowest BCUT2D eigenvalue weighted by Crippen LogP contribution is -2.47. The highest BCUT2D eigenvalue weighted by Crippen LogP contribution is 2.33. The number of benzene rings is 2. The number of hydrogen-bond donors (Lipinski definition) is 0. The SMILES string of the molecule is CCCCCc1ccc(C(=O)N(CCN2CCOCC2)CC(=O)N(Cc2ccc3c(c2)OCO3)Cc2ccc(C)o2)cc1. The Hall–Kier alpha value is -3.82. The van der Waals surface area contributed by atoms with Gasteiger partial charge in [0.25, 0.3) is 5.91 Å². The molecule has 1 saturated heterocycles. The fourth-order valence-corrected chi connectivity index (χ4v) is 5.43. The van der Waals surface area contributed by atoms with E-state index in [-0.39, 0.29) is 25.2 Å². The topological polar surface area (TPSA) is 84.7 Å². The summed E-state index contributed by atoms with van der Waals surface area (Å²) >= 11 is 0. The van der Waals surface area contributed by atoms with Crippen molar-refractivity contribution in [2.75, 3.05) is 52.7 Å². The summed E-state index contributed by atoms with van der Waals surface area (Å²) in [6.45, 7) is 8.97. The zero-order valence-corrected chi connectivity index (χ0v) is 25.4. The minimum atomic E-state index is -0.154. The molecule has 1 fully saturated rings. The minimum Gasteiger partial charge on any atom is -0.464 e. The largest absolute Gasteiger partial charge is 0.464 e. The van der Waals surface area contributed by atoms with E-state index in [2.05, 4.69) is 11.8 Å². The number of furan rings is 1. The molecule has 2 aliphatic rings. The number of ether oxygens (including phenoxy) is 3. The molecule has 5 rings (SSSR count). The molecule has 0 N–H and O–H groups in total. The van der Waals surface area contributed by atoms with Crippen LogP contribution in [0.4, 0.5) is 0 Å². The highest BCUT2D eigenvalue weighted by Gasteiger charge is 2.25. The highest BCUT2D eigenvalue weighted by molar-refractivity contribution is 5.96. The van der Waals surface area contributed by atoms with Gasteiger partial charge in [0.15, 0.2) is 11.5 Å². The molecule has 230 valence electrons. The van der Waals surface area contributed by atoms with Crippen molar-refractivity contribution in [1.29, 1.82) is 0 Å². The second kappa shape index (κ2) is 15.1. The van der Waals surface area contributed by atoms with Crippen LogP contribution in [0.3, 0.4) is 0 Å². The number of rotatable bonds is 14. The average molecular weight is 590 g/mol. The number of morpholine rings is 1. The molecule has 3 aromatic rings. The first kappa shape index (κ1) is 30.6. The Morgan fingerprint density at radius 3 is 2.37 bits per heavy atom. The van der Waals surface area contributed by atoms with Crippen LogP contribution in [-0.4, -0.2) is 79.2 Å². The van der Waals surface area contributed by atoms with Crippen LogP contribution < -0.4 is 9.47 Å². The third-order valence-electron chi connectivity index (χ3n) is 7.98. The molecule has 0 unspecified atom stereocenters. The first-order valence-corrected chi connectivity index (χ1v) is 15.4. The molecule has 9 heteroatoms. The van der Waals surface area contributed by atoms with Gasteiger partial charge in [-0.1, -0.05) is 38.0 Å². The normalized spacial score (nSPS) is 14.6. The second-order valence-corrected chi connectivity index (χ2v) is 11.3. The van der Waals surface area contributed by atoms with Gasteiger partial charge >= 0.3 is 0 Å². The van der Waals surface area contributed by atoms with Crippen molar-refractivity contribution in [3.8, 4) is 11.5 Å². The lowest BCUT2D eigenvalue weighted by Gasteiger charge is -2.31. The molecule has 43 heavy (non-hydrogen) atoms. The molecular weight excluding hydrogens is 546 g/mol. The van der Waals surface area contributed by atoms with Crippen molar-refractivity contribution >= 4 is 11.8 Å². The Bertz CT molecular complexity index is 1350. The molecule has 9 nitrogen and oxygen atoms in total. The molecule has 2 aliphatic heterocycles. The molecule has 0 saturated carbocycles. The monoisotopic (exact) mass is 589 g/mol. The molecule has 3 heterocycles. The van der Waals surface area contributed by atoms with Gasteiger partial charge in [0.2, 0.25) is 12.7 Å². The summed E-state index contributed by atoms with van der Waals surface area (Å²) in [7, 11) is 0. The standard InChI is InChI=1S/C34H43N3O6/c1-3-4-5-6-27-8-11-29(12-9-27)34(39)36(16-15-35-17-19-40-20-18-35)24-33(38)37(23-30-13-7-26(2)43-30)22-28-10-14-31-32(21-28)42-25-41-31/h7-14,21H,3-6,15-20,22-25H2,1-2H3. The summed E-state index contributed by atoms with van der Waals surface area (Å²) in [5, 5.41) is 0. The second-order valence-electron chi connectivity index (χ2n) is 11.3. The van der Waals surface area contributed by atoms with Crippen molar-refractivity contribution in [1.82, 2.24) is 14.7 Å². The number of carbonyl (C=O) groups excluding carboxylic acids is 2. The van der Waals surface area contributed by atoms with Crippen molar-refractivity contribution < 1.29 is 28.2 Å². The van der Waals surface area contributed by atoms with Gasteiger partial charge in [0, 0.05) is 38.3 Å². The van der Waals surface area contributed by atoms with E-state index < -0.39 is 0 Å². The third-order valence-corrected chi connectivity index (χ3v) is 7.98. The van der Waals surface area contributed by atoms with Gasteiger partial charge in [-0.2, -0.15) is 0 Å². The predicted molar refractivity (Wildman–Crippen MR) is 163 cm³/mol. The van der Waals surface area contributed by atoms with Crippen molar-refractivity contribution in [2.24, 2.45) is 0 Å². The molecule has 1 aromatic heterocycles. The van der Waals surface area contributed by atoms with Crippen molar-refractivity contribution in [3.05, 3.63) is 82.8 Å².